The molecule has 24 heavy (non-hydrogen) atoms. The van der Waals surface area contributed by atoms with E-state index in [0.29, 0.717) is 0 Å². The topological polar surface area (TPSA) is 49.6 Å². The Morgan fingerprint density at radius 1 is 1.25 bits per heavy atom. The van der Waals surface area contributed by atoms with Crippen LogP contribution in [0.5, 0.6) is 0 Å². The van der Waals surface area contributed by atoms with Crippen LogP contribution in [0.4, 0.5) is 0 Å². The highest BCUT2D eigenvalue weighted by molar-refractivity contribution is 5.82. The number of likely N-dealkylation sites (tertiary alicyclic amines) is 1. The lowest BCUT2D eigenvalue weighted by Gasteiger charge is -2.42. The Hall–Kier alpha value is -1.39. The average Bonchev–Trinajstić information content (AvgIpc) is 2.55. The van der Waals surface area contributed by atoms with Gasteiger partial charge >= 0.3 is 0 Å². The van der Waals surface area contributed by atoms with Crippen molar-refractivity contribution >= 4 is 5.91 Å². The van der Waals surface area contributed by atoms with Crippen molar-refractivity contribution in [3.63, 3.8) is 0 Å². The van der Waals surface area contributed by atoms with Gasteiger partial charge < -0.3 is 10.6 Å². The Labute approximate surface area is 147 Å². The van der Waals surface area contributed by atoms with Crippen LogP contribution in [0.3, 0.4) is 0 Å². The molecule has 2 atom stereocenters. The van der Waals surface area contributed by atoms with Crippen LogP contribution in [-0.2, 0) is 11.3 Å². The SMILES string of the molecule is CC(C)C(N)C(=O)N(C(C)C)[C@H]1CCCN(Cc2ccccc2)C1. The second-order valence-electron chi connectivity index (χ2n) is 7.63. The number of rotatable bonds is 6. The second kappa shape index (κ2) is 8.63. The molecule has 0 bridgehead atoms. The molecule has 1 heterocycles. The number of hydrogen-bond donors (Lipinski definition) is 1. The van der Waals surface area contributed by atoms with Crippen LogP contribution >= 0.6 is 0 Å². The van der Waals surface area contributed by atoms with E-state index < -0.39 is 6.04 Å². The summed E-state index contributed by atoms with van der Waals surface area (Å²) in [4.78, 5) is 17.4. The van der Waals surface area contributed by atoms with Gasteiger partial charge in [0.1, 0.15) is 0 Å². The Balaban J connectivity index is 2.06. The van der Waals surface area contributed by atoms with Crippen molar-refractivity contribution < 1.29 is 4.79 Å². The quantitative estimate of drug-likeness (QED) is 0.872. The van der Waals surface area contributed by atoms with Crippen molar-refractivity contribution in [2.45, 2.75) is 65.2 Å². The zero-order valence-electron chi connectivity index (χ0n) is 15.6. The Morgan fingerprint density at radius 3 is 2.50 bits per heavy atom. The van der Waals surface area contributed by atoms with Gasteiger partial charge in [-0.1, -0.05) is 44.2 Å². The Kier molecular flexibility index (Phi) is 6.81. The van der Waals surface area contributed by atoms with Crippen molar-refractivity contribution in [2.24, 2.45) is 11.7 Å². The largest absolute Gasteiger partial charge is 0.335 e. The van der Waals surface area contributed by atoms with E-state index in [4.69, 9.17) is 5.73 Å². The maximum absolute atomic E-state index is 12.9. The van der Waals surface area contributed by atoms with Crippen molar-refractivity contribution in [3.05, 3.63) is 35.9 Å². The molecule has 134 valence electrons. The van der Waals surface area contributed by atoms with Gasteiger partial charge in [0.15, 0.2) is 0 Å². The number of nitrogens with zero attached hydrogens (tertiary/aromatic N) is 2. The summed E-state index contributed by atoms with van der Waals surface area (Å²) in [5, 5.41) is 0. The minimum absolute atomic E-state index is 0.103. The lowest BCUT2D eigenvalue weighted by molar-refractivity contribution is -0.139. The molecule has 1 aromatic carbocycles. The first-order valence-electron chi connectivity index (χ1n) is 9.24. The second-order valence-corrected chi connectivity index (χ2v) is 7.63. The molecule has 2 N–H and O–H groups in total. The number of benzene rings is 1. The zero-order chi connectivity index (χ0) is 17.7. The van der Waals surface area contributed by atoms with Gasteiger partial charge in [-0.25, -0.2) is 0 Å². The summed E-state index contributed by atoms with van der Waals surface area (Å²) in [5.74, 6) is 0.273. The van der Waals surface area contributed by atoms with Gasteiger partial charge in [0, 0.05) is 25.2 Å². The highest BCUT2D eigenvalue weighted by Crippen LogP contribution is 2.21. The normalized spacial score (nSPS) is 20.4. The zero-order valence-corrected chi connectivity index (χ0v) is 15.6. The van der Waals surface area contributed by atoms with Gasteiger partial charge in [0.2, 0.25) is 5.91 Å². The minimum Gasteiger partial charge on any atom is -0.335 e. The van der Waals surface area contributed by atoms with Gasteiger partial charge in [0.25, 0.3) is 0 Å². The number of carbonyl (C=O) groups excluding carboxylic acids is 1. The third-order valence-corrected chi connectivity index (χ3v) is 4.94. The Morgan fingerprint density at radius 2 is 1.92 bits per heavy atom. The molecule has 1 unspecified atom stereocenters. The standard InChI is InChI=1S/C20H33N3O/c1-15(2)19(21)20(24)23(16(3)4)18-11-8-12-22(14-18)13-17-9-6-5-7-10-17/h5-7,9-10,15-16,18-19H,8,11-14,21H2,1-4H3/t18-,19?/m0/s1. The third kappa shape index (κ3) is 4.81. The summed E-state index contributed by atoms with van der Waals surface area (Å²) >= 11 is 0. The van der Waals surface area contributed by atoms with Crippen LogP contribution in [0.25, 0.3) is 0 Å². The van der Waals surface area contributed by atoms with E-state index in [9.17, 15) is 4.79 Å². The third-order valence-electron chi connectivity index (χ3n) is 4.94. The van der Waals surface area contributed by atoms with Crippen LogP contribution in [0.15, 0.2) is 30.3 Å². The van der Waals surface area contributed by atoms with E-state index in [2.05, 4.69) is 49.1 Å². The average molecular weight is 332 g/mol. The fourth-order valence-corrected chi connectivity index (χ4v) is 3.56. The predicted molar refractivity (Wildman–Crippen MR) is 99.5 cm³/mol. The molecule has 0 spiro atoms. The molecule has 0 radical (unpaired) electrons. The van der Waals surface area contributed by atoms with Crippen LogP contribution in [0.1, 0.15) is 46.1 Å². The molecule has 1 aromatic rings. The molecule has 0 saturated carbocycles. The summed E-state index contributed by atoms with van der Waals surface area (Å²) in [5.41, 5.74) is 7.49. The van der Waals surface area contributed by atoms with Crippen LogP contribution in [-0.4, -0.2) is 46.9 Å². The number of amides is 1. The molecule has 2 rings (SSSR count). The molecule has 1 fully saturated rings. The minimum atomic E-state index is -0.406. The molecule has 1 saturated heterocycles. The first-order valence-corrected chi connectivity index (χ1v) is 9.24. The van der Waals surface area contributed by atoms with E-state index in [1.807, 2.05) is 18.7 Å². The lowest BCUT2D eigenvalue weighted by atomic mass is 9.98. The molecule has 1 amide bonds. The predicted octanol–water partition coefficient (Wildman–Crippen LogP) is 2.87. The summed E-state index contributed by atoms with van der Waals surface area (Å²) in [6.45, 7) is 11.2. The van der Waals surface area contributed by atoms with E-state index in [1.165, 1.54) is 5.56 Å². The van der Waals surface area contributed by atoms with Crippen molar-refractivity contribution in [1.29, 1.82) is 0 Å². The van der Waals surface area contributed by atoms with Crippen LogP contribution in [0.2, 0.25) is 0 Å². The molecule has 1 aliphatic rings. The molecule has 0 aromatic heterocycles. The van der Waals surface area contributed by atoms with E-state index in [1.54, 1.807) is 0 Å². The first kappa shape index (κ1) is 18.9. The summed E-state index contributed by atoms with van der Waals surface area (Å²) in [7, 11) is 0. The van der Waals surface area contributed by atoms with Crippen molar-refractivity contribution in [3.8, 4) is 0 Å². The number of piperidine rings is 1. The fraction of sp³-hybridized carbons (Fsp3) is 0.650. The Bertz CT molecular complexity index is 515. The van der Waals surface area contributed by atoms with E-state index in [-0.39, 0.29) is 23.9 Å². The van der Waals surface area contributed by atoms with Crippen LogP contribution in [0, 0.1) is 5.92 Å². The summed E-state index contributed by atoms with van der Waals surface area (Å²) < 4.78 is 0. The highest BCUT2D eigenvalue weighted by Gasteiger charge is 2.33. The highest BCUT2D eigenvalue weighted by atomic mass is 16.2. The summed E-state index contributed by atoms with van der Waals surface area (Å²) in [6, 6.07) is 10.6. The maximum Gasteiger partial charge on any atom is 0.240 e. The molecular formula is C20H33N3O. The van der Waals surface area contributed by atoms with Gasteiger partial charge in [-0.05, 0) is 44.7 Å². The van der Waals surface area contributed by atoms with Gasteiger partial charge in [-0.15, -0.1) is 0 Å². The van der Waals surface area contributed by atoms with Gasteiger partial charge in [-0.2, -0.15) is 0 Å². The van der Waals surface area contributed by atoms with E-state index in [0.717, 1.165) is 32.5 Å². The number of hydrogen-bond acceptors (Lipinski definition) is 3. The summed E-state index contributed by atoms with van der Waals surface area (Å²) in [6.07, 6.45) is 2.20. The number of carbonyl (C=O) groups is 1. The van der Waals surface area contributed by atoms with Crippen molar-refractivity contribution in [2.75, 3.05) is 13.1 Å². The smallest absolute Gasteiger partial charge is 0.240 e. The lowest BCUT2D eigenvalue weighted by Crippen LogP contribution is -2.57. The number of nitrogens with two attached hydrogens (primary N) is 1. The fourth-order valence-electron chi connectivity index (χ4n) is 3.56. The molecular weight excluding hydrogens is 298 g/mol. The van der Waals surface area contributed by atoms with Gasteiger partial charge in [0.05, 0.1) is 6.04 Å². The molecule has 4 nitrogen and oxygen atoms in total. The molecule has 4 heteroatoms. The van der Waals surface area contributed by atoms with E-state index >= 15 is 0 Å². The molecule has 0 aliphatic carbocycles. The molecule has 1 aliphatic heterocycles. The first-order chi connectivity index (χ1) is 11.4. The van der Waals surface area contributed by atoms with Crippen molar-refractivity contribution in [1.82, 2.24) is 9.80 Å². The van der Waals surface area contributed by atoms with Gasteiger partial charge in [-0.3, -0.25) is 9.69 Å². The monoisotopic (exact) mass is 331 g/mol. The maximum atomic E-state index is 12.9. The van der Waals surface area contributed by atoms with Crippen LogP contribution < -0.4 is 5.73 Å².